The van der Waals surface area contributed by atoms with Crippen LogP contribution in [-0.4, -0.2) is 26.7 Å². The molecule has 0 aromatic carbocycles. The third-order valence-electron chi connectivity index (χ3n) is 2.29. The summed E-state index contributed by atoms with van der Waals surface area (Å²) in [6.07, 6.45) is 3.73. The van der Waals surface area contributed by atoms with Crippen molar-refractivity contribution in [2.24, 2.45) is 0 Å². The molecule has 0 aliphatic rings. The predicted octanol–water partition coefficient (Wildman–Crippen LogP) is 2.21. The molecule has 0 aliphatic carbocycles. The van der Waals surface area contributed by atoms with Gasteiger partial charge in [-0.25, -0.2) is 9.97 Å². The Morgan fingerprint density at radius 3 is 3.00 bits per heavy atom. The molecular formula is C11H14ClN5. The Morgan fingerprint density at radius 2 is 2.29 bits per heavy atom. The molecule has 2 rings (SSSR count). The van der Waals surface area contributed by atoms with Crippen molar-refractivity contribution in [1.29, 1.82) is 0 Å². The number of nitrogens with one attached hydrogen (secondary N) is 2. The summed E-state index contributed by atoms with van der Waals surface area (Å²) in [6, 6.07) is 3.70. The highest BCUT2D eigenvalue weighted by Gasteiger charge is 1.99. The van der Waals surface area contributed by atoms with Gasteiger partial charge in [-0.15, -0.1) is 0 Å². The van der Waals surface area contributed by atoms with Gasteiger partial charge in [-0.2, -0.15) is 5.10 Å². The monoisotopic (exact) mass is 251 g/mol. The van der Waals surface area contributed by atoms with Gasteiger partial charge >= 0.3 is 0 Å². The van der Waals surface area contributed by atoms with Crippen LogP contribution in [0.1, 0.15) is 17.9 Å². The van der Waals surface area contributed by atoms with E-state index in [1.54, 1.807) is 12.3 Å². The lowest BCUT2D eigenvalue weighted by molar-refractivity contribution is 0.822. The highest BCUT2D eigenvalue weighted by molar-refractivity contribution is 6.29. The standard InChI is InChI=1S/C11H14ClN5/c1-8-15-10(12)7-11(16-8)13-5-2-3-9-4-6-14-17-9/h4,6-7H,2-3,5H2,1H3,(H,14,17)(H,13,15,16). The lowest BCUT2D eigenvalue weighted by Crippen LogP contribution is -2.06. The zero-order chi connectivity index (χ0) is 12.1. The second-order valence-corrected chi connectivity index (χ2v) is 4.12. The first-order valence-corrected chi connectivity index (χ1v) is 5.85. The second-order valence-electron chi connectivity index (χ2n) is 3.74. The van der Waals surface area contributed by atoms with E-state index < -0.39 is 0 Å². The van der Waals surface area contributed by atoms with Gasteiger partial charge in [-0.1, -0.05) is 11.6 Å². The van der Waals surface area contributed by atoms with Gasteiger partial charge in [0, 0.05) is 24.5 Å². The van der Waals surface area contributed by atoms with Gasteiger partial charge in [0.15, 0.2) is 0 Å². The number of anilines is 1. The topological polar surface area (TPSA) is 66.5 Å². The Labute approximate surface area is 105 Å². The van der Waals surface area contributed by atoms with Crippen LogP contribution in [0.2, 0.25) is 5.15 Å². The molecule has 2 N–H and O–H groups in total. The van der Waals surface area contributed by atoms with Crippen LogP contribution in [0.25, 0.3) is 0 Å². The van der Waals surface area contributed by atoms with Gasteiger partial charge in [0.05, 0.1) is 0 Å². The minimum absolute atomic E-state index is 0.466. The maximum absolute atomic E-state index is 5.84. The van der Waals surface area contributed by atoms with Crippen molar-refractivity contribution in [3.63, 3.8) is 0 Å². The maximum Gasteiger partial charge on any atom is 0.134 e. The maximum atomic E-state index is 5.84. The van der Waals surface area contributed by atoms with Crippen molar-refractivity contribution >= 4 is 17.4 Å². The lowest BCUT2D eigenvalue weighted by atomic mass is 10.2. The highest BCUT2D eigenvalue weighted by Crippen LogP contribution is 2.11. The predicted molar refractivity (Wildman–Crippen MR) is 67.2 cm³/mol. The van der Waals surface area contributed by atoms with Crippen LogP contribution in [0, 0.1) is 6.92 Å². The van der Waals surface area contributed by atoms with Crippen molar-refractivity contribution in [3.8, 4) is 0 Å². The number of aryl methyl sites for hydroxylation is 2. The number of rotatable bonds is 5. The molecule has 2 heterocycles. The average Bonchev–Trinajstić information content (AvgIpc) is 2.76. The van der Waals surface area contributed by atoms with Crippen LogP contribution in [0.5, 0.6) is 0 Å². The van der Waals surface area contributed by atoms with Gasteiger partial charge in [-0.3, -0.25) is 5.10 Å². The number of hydrogen-bond acceptors (Lipinski definition) is 4. The lowest BCUT2D eigenvalue weighted by Gasteiger charge is -2.05. The van der Waals surface area contributed by atoms with Crippen molar-refractivity contribution in [1.82, 2.24) is 20.2 Å². The van der Waals surface area contributed by atoms with Crippen LogP contribution in [0.4, 0.5) is 5.82 Å². The number of aromatic nitrogens is 4. The number of aromatic amines is 1. The summed E-state index contributed by atoms with van der Waals surface area (Å²) in [5.41, 5.74) is 1.14. The molecule has 0 amide bonds. The molecule has 2 aromatic rings. The largest absolute Gasteiger partial charge is 0.370 e. The van der Waals surface area contributed by atoms with Crippen molar-refractivity contribution in [3.05, 3.63) is 35.0 Å². The van der Waals surface area contributed by atoms with E-state index in [-0.39, 0.29) is 0 Å². The van der Waals surface area contributed by atoms with Crippen molar-refractivity contribution in [2.45, 2.75) is 19.8 Å². The number of halogens is 1. The highest BCUT2D eigenvalue weighted by atomic mass is 35.5. The summed E-state index contributed by atoms with van der Waals surface area (Å²) in [5, 5.41) is 10.5. The molecule has 17 heavy (non-hydrogen) atoms. The van der Waals surface area contributed by atoms with Gasteiger partial charge < -0.3 is 5.32 Å². The fourth-order valence-corrected chi connectivity index (χ4v) is 1.77. The third-order valence-corrected chi connectivity index (χ3v) is 2.49. The Hall–Kier alpha value is -1.62. The first-order valence-electron chi connectivity index (χ1n) is 5.47. The summed E-state index contributed by atoms with van der Waals surface area (Å²) in [6.45, 7) is 2.66. The van der Waals surface area contributed by atoms with Crippen molar-refractivity contribution in [2.75, 3.05) is 11.9 Å². The first-order chi connectivity index (χ1) is 8.24. The summed E-state index contributed by atoms with van der Waals surface area (Å²) < 4.78 is 0. The zero-order valence-corrected chi connectivity index (χ0v) is 10.3. The van der Waals surface area contributed by atoms with E-state index >= 15 is 0 Å². The molecule has 0 aliphatic heterocycles. The van der Waals surface area contributed by atoms with E-state index in [1.165, 1.54) is 0 Å². The first kappa shape index (κ1) is 11.9. The normalized spacial score (nSPS) is 10.5. The smallest absolute Gasteiger partial charge is 0.134 e. The number of hydrogen-bond donors (Lipinski definition) is 2. The molecule has 0 atom stereocenters. The minimum Gasteiger partial charge on any atom is -0.370 e. The molecular weight excluding hydrogens is 238 g/mol. The summed E-state index contributed by atoms with van der Waals surface area (Å²) in [7, 11) is 0. The van der Waals surface area contributed by atoms with Crippen LogP contribution in [0.3, 0.4) is 0 Å². The number of H-pyrrole nitrogens is 1. The summed E-state index contributed by atoms with van der Waals surface area (Å²) in [5.74, 6) is 1.45. The Balaban J connectivity index is 1.78. The summed E-state index contributed by atoms with van der Waals surface area (Å²) in [4.78, 5) is 8.25. The fourth-order valence-electron chi connectivity index (χ4n) is 1.54. The third kappa shape index (κ3) is 3.71. The minimum atomic E-state index is 0.466. The Bertz CT molecular complexity index is 448. The van der Waals surface area contributed by atoms with Crippen LogP contribution in [-0.2, 0) is 6.42 Å². The SMILES string of the molecule is Cc1nc(Cl)cc(NCCCc2ccn[nH]2)n1. The molecule has 2 aromatic heterocycles. The molecule has 90 valence electrons. The second kappa shape index (κ2) is 5.63. The van der Waals surface area contributed by atoms with Gasteiger partial charge in [0.2, 0.25) is 0 Å². The molecule has 0 saturated carbocycles. The quantitative estimate of drug-likeness (QED) is 0.632. The van der Waals surface area contributed by atoms with Gasteiger partial charge in [0.25, 0.3) is 0 Å². The van der Waals surface area contributed by atoms with E-state index in [9.17, 15) is 0 Å². The van der Waals surface area contributed by atoms with E-state index in [2.05, 4.69) is 25.5 Å². The van der Waals surface area contributed by atoms with E-state index in [1.807, 2.05) is 13.0 Å². The molecule has 0 spiro atoms. The molecule has 0 radical (unpaired) electrons. The van der Waals surface area contributed by atoms with Gasteiger partial charge in [0.1, 0.15) is 16.8 Å². The zero-order valence-electron chi connectivity index (χ0n) is 9.57. The van der Waals surface area contributed by atoms with E-state index in [0.29, 0.717) is 11.0 Å². The van der Waals surface area contributed by atoms with Gasteiger partial charge in [-0.05, 0) is 25.8 Å². The summed E-state index contributed by atoms with van der Waals surface area (Å²) >= 11 is 5.84. The molecule has 0 unspecified atom stereocenters. The van der Waals surface area contributed by atoms with Crippen LogP contribution >= 0.6 is 11.6 Å². The molecule has 6 heteroatoms. The molecule has 0 saturated heterocycles. The Morgan fingerprint density at radius 1 is 1.41 bits per heavy atom. The molecule has 0 bridgehead atoms. The number of nitrogens with zero attached hydrogens (tertiary/aromatic N) is 3. The van der Waals surface area contributed by atoms with E-state index in [4.69, 9.17) is 11.6 Å². The fraction of sp³-hybridized carbons (Fsp3) is 0.364. The van der Waals surface area contributed by atoms with Crippen molar-refractivity contribution < 1.29 is 0 Å². The van der Waals surface area contributed by atoms with E-state index in [0.717, 1.165) is 30.9 Å². The molecule has 5 nitrogen and oxygen atoms in total. The van der Waals surface area contributed by atoms with Crippen LogP contribution < -0.4 is 5.32 Å². The van der Waals surface area contributed by atoms with Crippen LogP contribution in [0.15, 0.2) is 18.3 Å². The average molecular weight is 252 g/mol. The Kier molecular flexibility index (Phi) is 3.93. The molecule has 0 fully saturated rings.